The highest BCUT2D eigenvalue weighted by molar-refractivity contribution is 7.99. The van der Waals surface area contributed by atoms with E-state index in [0.29, 0.717) is 12.4 Å². The van der Waals surface area contributed by atoms with Crippen LogP contribution in [0.1, 0.15) is 11.4 Å². The molecule has 0 radical (unpaired) electrons. The first kappa shape index (κ1) is 17.9. The SMILES string of the molecule is Cc1ccccc1-n1c(C)nnc1SCCOc1ccccc1[N+](=O)[O-]. The molecule has 0 aliphatic heterocycles. The third kappa shape index (κ3) is 3.85. The summed E-state index contributed by atoms with van der Waals surface area (Å²) in [5.41, 5.74) is 2.14. The van der Waals surface area contributed by atoms with Crippen molar-refractivity contribution in [3.8, 4) is 11.4 Å². The molecule has 8 heteroatoms. The first-order valence-electron chi connectivity index (χ1n) is 8.05. The van der Waals surface area contributed by atoms with E-state index < -0.39 is 4.92 Å². The van der Waals surface area contributed by atoms with Crippen LogP contribution in [0.2, 0.25) is 0 Å². The van der Waals surface area contributed by atoms with Crippen molar-refractivity contribution in [1.29, 1.82) is 0 Å². The van der Waals surface area contributed by atoms with E-state index in [1.807, 2.05) is 42.7 Å². The Kier molecular flexibility index (Phi) is 5.52. The van der Waals surface area contributed by atoms with Gasteiger partial charge in [-0.1, -0.05) is 42.1 Å². The highest BCUT2D eigenvalue weighted by Gasteiger charge is 2.15. The van der Waals surface area contributed by atoms with E-state index in [9.17, 15) is 10.1 Å². The summed E-state index contributed by atoms with van der Waals surface area (Å²) in [5.74, 6) is 1.67. The van der Waals surface area contributed by atoms with Gasteiger partial charge in [0.05, 0.1) is 17.2 Å². The Labute approximate surface area is 155 Å². The zero-order chi connectivity index (χ0) is 18.5. The third-order valence-corrected chi connectivity index (χ3v) is 4.68. The minimum Gasteiger partial charge on any atom is -0.486 e. The number of hydrogen-bond donors (Lipinski definition) is 0. The predicted octanol–water partition coefficient (Wildman–Crippen LogP) is 3.96. The Hall–Kier alpha value is -2.87. The van der Waals surface area contributed by atoms with Crippen LogP contribution >= 0.6 is 11.8 Å². The van der Waals surface area contributed by atoms with Crippen molar-refractivity contribution in [2.24, 2.45) is 0 Å². The van der Waals surface area contributed by atoms with Crippen molar-refractivity contribution in [3.63, 3.8) is 0 Å². The van der Waals surface area contributed by atoms with Crippen LogP contribution in [0.4, 0.5) is 5.69 Å². The van der Waals surface area contributed by atoms with Crippen LogP contribution in [0, 0.1) is 24.0 Å². The lowest BCUT2D eigenvalue weighted by Crippen LogP contribution is -2.05. The first-order chi connectivity index (χ1) is 12.6. The van der Waals surface area contributed by atoms with Crippen LogP contribution < -0.4 is 4.74 Å². The Morgan fingerprint density at radius 2 is 1.85 bits per heavy atom. The molecular weight excluding hydrogens is 352 g/mol. The van der Waals surface area contributed by atoms with Gasteiger partial charge in [0.1, 0.15) is 5.82 Å². The molecule has 2 aromatic carbocycles. The lowest BCUT2D eigenvalue weighted by molar-refractivity contribution is -0.385. The number of benzene rings is 2. The van der Waals surface area contributed by atoms with E-state index in [-0.39, 0.29) is 11.4 Å². The highest BCUT2D eigenvalue weighted by Crippen LogP contribution is 2.27. The number of hydrogen-bond acceptors (Lipinski definition) is 6. The number of ether oxygens (including phenoxy) is 1. The highest BCUT2D eigenvalue weighted by atomic mass is 32.2. The molecule has 1 heterocycles. The second-order valence-corrected chi connectivity index (χ2v) is 6.64. The molecule has 3 rings (SSSR count). The van der Waals surface area contributed by atoms with Crippen molar-refractivity contribution in [2.75, 3.05) is 12.4 Å². The predicted molar refractivity (Wildman–Crippen MR) is 100 cm³/mol. The molecule has 3 aromatic rings. The van der Waals surface area contributed by atoms with Crippen LogP contribution in [-0.2, 0) is 0 Å². The molecule has 0 bridgehead atoms. The fourth-order valence-corrected chi connectivity index (χ4v) is 3.35. The summed E-state index contributed by atoms with van der Waals surface area (Å²) in [6.07, 6.45) is 0. The quantitative estimate of drug-likeness (QED) is 0.271. The maximum Gasteiger partial charge on any atom is 0.310 e. The van der Waals surface area contributed by atoms with Gasteiger partial charge in [-0.3, -0.25) is 14.7 Å². The second kappa shape index (κ2) is 8.01. The summed E-state index contributed by atoms with van der Waals surface area (Å²) >= 11 is 1.50. The van der Waals surface area contributed by atoms with Gasteiger partial charge in [-0.05, 0) is 31.5 Å². The van der Waals surface area contributed by atoms with Crippen molar-refractivity contribution in [1.82, 2.24) is 14.8 Å². The molecule has 0 aliphatic carbocycles. The van der Waals surface area contributed by atoms with E-state index in [4.69, 9.17) is 4.74 Å². The Morgan fingerprint density at radius 1 is 1.12 bits per heavy atom. The number of aromatic nitrogens is 3. The van der Waals surface area contributed by atoms with E-state index >= 15 is 0 Å². The smallest absolute Gasteiger partial charge is 0.310 e. The second-order valence-electron chi connectivity index (χ2n) is 5.57. The molecule has 0 spiro atoms. The number of nitrogens with zero attached hydrogens (tertiary/aromatic N) is 4. The minimum atomic E-state index is -0.444. The molecule has 134 valence electrons. The van der Waals surface area contributed by atoms with Crippen molar-refractivity contribution < 1.29 is 9.66 Å². The summed E-state index contributed by atoms with van der Waals surface area (Å²) in [6.45, 7) is 4.28. The number of para-hydroxylation sites is 3. The van der Waals surface area contributed by atoms with Gasteiger partial charge in [0, 0.05) is 11.8 Å². The van der Waals surface area contributed by atoms with Gasteiger partial charge in [0.25, 0.3) is 0 Å². The largest absolute Gasteiger partial charge is 0.486 e. The van der Waals surface area contributed by atoms with Crippen LogP contribution in [0.3, 0.4) is 0 Å². The Balaban J connectivity index is 1.67. The average Bonchev–Trinajstić information content (AvgIpc) is 3.00. The molecule has 1 aromatic heterocycles. The molecule has 0 amide bonds. The van der Waals surface area contributed by atoms with Crippen LogP contribution in [-0.4, -0.2) is 32.0 Å². The van der Waals surface area contributed by atoms with Crippen LogP contribution in [0.15, 0.2) is 53.7 Å². The molecule has 0 N–H and O–H groups in total. The molecule has 0 saturated heterocycles. The molecule has 0 fully saturated rings. The lowest BCUT2D eigenvalue weighted by Gasteiger charge is -2.11. The van der Waals surface area contributed by atoms with Gasteiger partial charge in [0.2, 0.25) is 0 Å². The number of thioether (sulfide) groups is 1. The Morgan fingerprint density at radius 3 is 2.62 bits per heavy atom. The van der Waals surface area contributed by atoms with Gasteiger partial charge in [0.15, 0.2) is 10.9 Å². The fraction of sp³-hybridized carbons (Fsp3) is 0.222. The molecular formula is C18H18N4O3S. The van der Waals surface area contributed by atoms with E-state index in [2.05, 4.69) is 10.2 Å². The summed E-state index contributed by atoms with van der Waals surface area (Å²) in [7, 11) is 0. The van der Waals surface area contributed by atoms with E-state index in [1.165, 1.54) is 17.8 Å². The number of nitro groups is 1. The number of rotatable bonds is 7. The van der Waals surface area contributed by atoms with Gasteiger partial charge < -0.3 is 4.74 Å². The monoisotopic (exact) mass is 370 g/mol. The standard InChI is InChI=1S/C18H18N4O3S/c1-13-7-3-4-8-15(13)21-14(2)19-20-18(21)26-12-11-25-17-10-6-5-9-16(17)22(23)24/h3-10H,11-12H2,1-2H3. The average molecular weight is 370 g/mol. The maximum absolute atomic E-state index is 11.0. The van der Waals surface area contributed by atoms with Crippen molar-refractivity contribution >= 4 is 17.4 Å². The Bertz CT molecular complexity index is 926. The van der Waals surface area contributed by atoms with Crippen LogP contribution in [0.5, 0.6) is 5.75 Å². The zero-order valence-corrected chi connectivity index (χ0v) is 15.3. The normalized spacial score (nSPS) is 10.7. The third-order valence-electron chi connectivity index (χ3n) is 3.79. The van der Waals surface area contributed by atoms with Crippen LogP contribution in [0.25, 0.3) is 5.69 Å². The summed E-state index contributed by atoms with van der Waals surface area (Å²) in [6, 6.07) is 14.4. The summed E-state index contributed by atoms with van der Waals surface area (Å²) in [5, 5.41) is 20.2. The topological polar surface area (TPSA) is 83.1 Å². The zero-order valence-electron chi connectivity index (χ0n) is 14.5. The maximum atomic E-state index is 11.0. The van der Waals surface area contributed by atoms with Crippen molar-refractivity contribution in [2.45, 2.75) is 19.0 Å². The fourth-order valence-electron chi connectivity index (χ4n) is 2.54. The molecule has 7 nitrogen and oxygen atoms in total. The van der Waals surface area contributed by atoms with Crippen molar-refractivity contribution in [3.05, 3.63) is 70.0 Å². The summed E-state index contributed by atoms with van der Waals surface area (Å²) in [4.78, 5) is 10.6. The molecule has 0 unspecified atom stereocenters. The van der Waals surface area contributed by atoms with Gasteiger partial charge in [-0.2, -0.15) is 0 Å². The van der Waals surface area contributed by atoms with Gasteiger partial charge in [-0.25, -0.2) is 0 Å². The molecule has 0 saturated carbocycles. The lowest BCUT2D eigenvalue weighted by atomic mass is 10.2. The van der Waals surface area contributed by atoms with E-state index in [0.717, 1.165) is 22.2 Å². The molecule has 26 heavy (non-hydrogen) atoms. The molecule has 0 aliphatic rings. The number of aryl methyl sites for hydroxylation is 2. The van der Waals surface area contributed by atoms with Gasteiger partial charge >= 0.3 is 5.69 Å². The number of nitro benzene ring substituents is 1. The first-order valence-corrected chi connectivity index (χ1v) is 9.03. The van der Waals surface area contributed by atoms with Gasteiger partial charge in [-0.15, -0.1) is 10.2 Å². The summed E-state index contributed by atoms with van der Waals surface area (Å²) < 4.78 is 7.58. The minimum absolute atomic E-state index is 0.0311. The van der Waals surface area contributed by atoms with E-state index in [1.54, 1.807) is 18.2 Å². The molecule has 0 atom stereocenters.